The summed E-state index contributed by atoms with van der Waals surface area (Å²) in [5.74, 6) is -7.09. The lowest BCUT2D eigenvalue weighted by molar-refractivity contribution is 0.0928. The van der Waals surface area contributed by atoms with E-state index in [1.807, 2.05) is 0 Å². The van der Waals surface area contributed by atoms with E-state index in [0.29, 0.717) is 12.5 Å². The van der Waals surface area contributed by atoms with Crippen molar-refractivity contribution < 1.29 is 23.1 Å². The zero-order valence-electron chi connectivity index (χ0n) is 11.1. The molecule has 0 heterocycles. The molecule has 0 spiro atoms. The average Bonchev–Trinajstić information content (AvgIpc) is 2.65. The predicted octanol–water partition coefficient (Wildman–Crippen LogP) is 3.48. The number of hydrogen-bond donors (Lipinski definition) is 2. The maximum absolute atomic E-state index is 13.7. The lowest BCUT2D eigenvalue weighted by Crippen LogP contribution is -2.40. The van der Waals surface area contributed by atoms with Crippen molar-refractivity contribution in [1.29, 1.82) is 0 Å². The molecule has 1 saturated carbocycles. The number of hydrogen-bond acceptors (Lipinski definition) is 2. The van der Waals surface area contributed by atoms with E-state index in [2.05, 4.69) is 5.32 Å². The number of benzene rings is 1. The molecule has 0 aliphatic heterocycles. The molecule has 2 atom stereocenters. The maximum atomic E-state index is 13.7. The van der Waals surface area contributed by atoms with E-state index < -0.39 is 34.7 Å². The minimum Gasteiger partial charge on any atom is -0.503 e. The van der Waals surface area contributed by atoms with Crippen LogP contribution in [0, 0.1) is 17.5 Å². The highest BCUT2D eigenvalue weighted by atomic mass is 35.5. The lowest BCUT2D eigenvalue weighted by atomic mass is 10.1. The van der Waals surface area contributed by atoms with Gasteiger partial charge in [0, 0.05) is 6.04 Å². The Bertz CT molecular complexity index is 554. The van der Waals surface area contributed by atoms with Crippen molar-refractivity contribution in [2.75, 3.05) is 0 Å². The topological polar surface area (TPSA) is 49.3 Å². The van der Waals surface area contributed by atoms with Crippen LogP contribution in [0.2, 0.25) is 0 Å². The van der Waals surface area contributed by atoms with Crippen LogP contribution in [0.3, 0.4) is 0 Å². The van der Waals surface area contributed by atoms with E-state index in [-0.39, 0.29) is 11.4 Å². The SMILES string of the molecule is O=C(NC1CCCCCC1Cl)c1cc(F)c(F)c(O)c1F. The number of halogens is 4. The molecule has 1 aliphatic rings. The third-order valence-corrected chi connectivity index (χ3v) is 4.15. The van der Waals surface area contributed by atoms with Crippen LogP contribution in [0.1, 0.15) is 42.5 Å². The van der Waals surface area contributed by atoms with E-state index in [4.69, 9.17) is 16.7 Å². The molecule has 2 unspecified atom stereocenters. The zero-order valence-corrected chi connectivity index (χ0v) is 11.9. The standard InChI is InChI=1S/C14H15ClF3NO2/c15-8-4-2-1-3-5-10(8)19-14(21)7-6-9(16)12(18)13(20)11(7)17/h6,8,10,20H,1-5H2,(H,19,21). The Balaban J connectivity index is 2.20. The number of carbonyl (C=O) groups is 1. The van der Waals surface area contributed by atoms with Crippen molar-refractivity contribution >= 4 is 17.5 Å². The summed E-state index contributed by atoms with van der Waals surface area (Å²) >= 11 is 6.15. The first kappa shape index (κ1) is 15.9. The molecule has 1 aliphatic carbocycles. The molecule has 3 nitrogen and oxygen atoms in total. The minimum atomic E-state index is -1.71. The highest BCUT2D eigenvalue weighted by Crippen LogP contribution is 2.27. The van der Waals surface area contributed by atoms with Crippen LogP contribution in [-0.2, 0) is 0 Å². The van der Waals surface area contributed by atoms with Crippen molar-refractivity contribution in [3.8, 4) is 5.75 Å². The van der Waals surface area contributed by atoms with Gasteiger partial charge in [0.1, 0.15) is 0 Å². The summed E-state index contributed by atoms with van der Waals surface area (Å²) in [6, 6.07) is 0.0657. The molecule has 7 heteroatoms. The lowest BCUT2D eigenvalue weighted by Gasteiger charge is -2.21. The van der Waals surface area contributed by atoms with E-state index in [0.717, 1.165) is 25.7 Å². The van der Waals surface area contributed by atoms with E-state index >= 15 is 0 Å². The average molecular weight is 322 g/mol. The van der Waals surface area contributed by atoms with Gasteiger partial charge in [-0.2, -0.15) is 4.39 Å². The van der Waals surface area contributed by atoms with Crippen molar-refractivity contribution in [3.05, 3.63) is 29.1 Å². The summed E-state index contributed by atoms with van der Waals surface area (Å²) in [5.41, 5.74) is -0.737. The Morgan fingerprint density at radius 1 is 1.19 bits per heavy atom. The highest BCUT2D eigenvalue weighted by molar-refractivity contribution is 6.21. The fraction of sp³-hybridized carbons (Fsp3) is 0.500. The van der Waals surface area contributed by atoms with Gasteiger partial charge in [0.05, 0.1) is 10.9 Å². The number of carbonyl (C=O) groups excluding carboxylic acids is 1. The maximum Gasteiger partial charge on any atom is 0.254 e. The van der Waals surface area contributed by atoms with E-state index in [1.54, 1.807) is 0 Å². The van der Waals surface area contributed by atoms with E-state index in [9.17, 15) is 18.0 Å². The van der Waals surface area contributed by atoms with Gasteiger partial charge >= 0.3 is 0 Å². The third kappa shape index (κ3) is 3.43. The van der Waals surface area contributed by atoms with Crippen molar-refractivity contribution in [1.82, 2.24) is 5.32 Å². The number of amides is 1. The Kier molecular flexibility index (Phi) is 4.98. The minimum absolute atomic E-state index is 0.293. The molecule has 0 radical (unpaired) electrons. The summed E-state index contributed by atoms with van der Waals surface area (Å²) in [5, 5.41) is 11.4. The van der Waals surface area contributed by atoms with Crippen LogP contribution in [0.15, 0.2) is 6.07 Å². The van der Waals surface area contributed by atoms with Crippen molar-refractivity contribution in [2.24, 2.45) is 0 Å². The first-order valence-electron chi connectivity index (χ1n) is 6.73. The number of rotatable bonds is 2. The molecule has 1 aromatic carbocycles. The van der Waals surface area contributed by atoms with Gasteiger partial charge in [0.15, 0.2) is 17.4 Å². The molecular formula is C14H15ClF3NO2. The van der Waals surface area contributed by atoms with Crippen LogP contribution >= 0.6 is 11.6 Å². The Morgan fingerprint density at radius 2 is 1.86 bits per heavy atom. The normalized spacial score (nSPS) is 22.7. The van der Waals surface area contributed by atoms with Crippen molar-refractivity contribution in [3.63, 3.8) is 0 Å². The first-order chi connectivity index (χ1) is 9.91. The van der Waals surface area contributed by atoms with E-state index in [1.165, 1.54) is 0 Å². The highest BCUT2D eigenvalue weighted by Gasteiger charge is 2.27. The number of phenolic OH excluding ortho intramolecular Hbond substituents is 1. The van der Waals surface area contributed by atoms with Crippen LogP contribution < -0.4 is 5.32 Å². The van der Waals surface area contributed by atoms with Crippen molar-refractivity contribution in [2.45, 2.75) is 43.5 Å². The molecule has 21 heavy (non-hydrogen) atoms. The second kappa shape index (κ2) is 6.56. The van der Waals surface area contributed by atoms with Crippen LogP contribution in [0.4, 0.5) is 13.2 Å². The summed E-state index contributed by atoms with van der Waals surface area (Å²) < 4.78 is 39.9. The number of phenols is 1. The molecule has 0 aromatic heterocycles. The van der Waals surface area contributed by atoms with Gasteiger partial charge in [-0.05, 0) is 18.9 Å². The smallest absolute Gasteiger partial charge is 0.254 e. The second-order valence-corrected chi connectivity index (χ2v) is 5.68. The molecule has 0 saturated heterocycles. The zero-order chi connectivity index (χ0) is 15.6. The Hall–Kier alpha value is -1.43. The summed E-state index contributed by atoms with van der Waals surface area (Å²) in [6.45, 7) is 0. The number of aromatic hydroxyl groups is 1. The van der Waals surface area contributed by atoms with Gasteiger partial charge in [-0.3, -0.25) is 4.79 Å². The number of alkyl halides is 1. The largest absolute Gasteiger partial charge is 0.503 e. The molecule has 116 valence electrons. The van der Waals surface area contributed by atoms with Crippen LogP contribution in [-0.4, -0.2) is 22.4 Å². The van der Waals surface area contributed by atoms with Gasteiger partial charge in [0.25, 0.3) is 5.91 Å². The van der Waals surface area contributed by atoms with Gasteiger partial charge in [-0.25, -0.2) is 8.78 Å². The molecular weight excluding hydrogens is 307 g/mol. The van der Waals surface area contributed by atoms with Gasteiger partial charge < -0.3 is 10.4 Å². The van der Waals surface area contributed by atoms with Crippen LogP contribution in [0.5, 0.6) is 5.75 Å². The third-order valence-electron chi connectivity index (χ3n) is 3.63. The molecule has 0 bridgehead atoms. The predicted molar refractivity (Wildman–Crippen MR) is 72.0 cm³/mol. The Morgan fingerprint density at radius 3 is 2.57 bits per heavy atom. The fourth-order valence-corrected chi connectivity index (χ4v) is 2.77. The summed E-state index contributed by atoms with van der Waals surface area (Å²) in [6.07, 6.45) is 4.17. The number of nitrogens with one attached hydrogen (secondary N) is 1. The first-order valence-corrected chi connectivity index (χ1v) is 7.17. The van der Waals surface area contributed by atoms with Gasteiger partial charge in [-0.15, -0.1) is 11.6 Å². The molecule has 1 fully saturated rings. The monoisotopic (exact) mass is 321 g/mol. The Labute approximate surface area is 125 Å². The summed E-state index contributed by atoms with van der Waals surface area (Å²) in [4.78, 5) is 12.0. The van der Waals surface area contributed by atoms with Crippen LogP contribution in [0.25, 0.3) is 0 Å². The summed E-state index contributed by atoms with van der Waals surface area (Å²) in [7, 11) is 0. The molecule has 1 amide bonds. The molecule has 1 aromatic rings. The van der Waals surface area contributed by atoms with Gasteiger partial charge in [-0.1, -0.05) is 19.3 Å². The molecule has 2 rings (SSSR count). The van der Waals surface area contributed by atoms with Gasteiger partial charge in [0.2, 0.25) is 5.82 Å². The quantitative estimate of drug-likeness (QED) is 0.498. The fourth-order valence-electron chi connectivity index (χ4n) is 2.43. The second-order valence-electron chi connectivity index (χ2n) is 5.12. The molecule has 2 N–H and O–H groups in total.